The Balaban J connectivity index is 0.00000128. The van der Waals surface area contributed by atoms with Crippen LogP contribution in [0.25, 0.3) is 0 Å². The molecule has 4 nitrogen and oxygen atoms in total. The Hall–Kier alpha value is -1.10. The van der Waals surface area contributed by atoms with Crippen LogP contribution in [0.2, 0.25) is 5.02 Å². The minimum atomic E-state index is 0. The van der Waals surface area contributed by atoms with E-state index in [2.05, 4.69) is 10.3 Å². The lowest BCUT2D eigenvalue weighted by molar-refractivity contribution is 0.649. The van der Waals surface area contributed by atoms with Crippen LogP contribution in [0.15, 0.2) is 30.5 Å². The van der Waals surface area contributed by atoms with E-state index >= 15 is 0 Å². The Morgan fingerprint density at radius 1 is 1.31 bits per heavy atom. The predicted octanol–water partition coefficient (Wildman–Crippen LogP) is 1.86. The van der Waals surface area contributed by atoms with Gasteiger partial charge in [0.25, 0.3) is 0 Å². The van der Waals surface area contributed by atoms with Crippen molar-refractivity contribution in [2.45, 2.75) is 13.1 Å². The number of rotatable bonds is 3. The molecule has 0 saturated carbocycles. The quantitative estimate of drug-likeness (QED) is 0.915. The molecule has 0 spiro atoms. The molecule has 0 bridgehead atoms. The fourth-order valence-corrected chi connectivity index (χ4v) is 1.51. The van der Waals surface area contributed by atoms with Crippen molar-refractivity contribution < 1.29 is 0 Å². The van der Waals surface area contributed by atoms with Crippen molar-refractivity contribution in [3.8, 4) is 0 Å². The number of nitrogens with two attached hydrogens (primary N) is 1. The third kappa shape index (κ3) is 2.95. The minimum absolute atomic E-state index is 0. The largest absolute Gasteiger partial charge is 0.325 e. The smallest absolute Gasteiger partial charge is 0.0962 e. The van der Waals surface area contributed by atoms with Gasteiger partial charge in [0.2, 0.25) is 0 Å². The number of hydrogen-bond acceptors (Lipinski definition) is 3. The average Bonchev–Trinajstić information content (AvgIpc) is 2.69. The van der Waals surface area contributed by atoms with Crippen molar-refractivity contribution in [1.29, 1.82) is 0 Å². The molecule has 2 N–H and O–H groups in total. The van der Waals surface area contributed by atoms with Crippen molar-refractivity contribution in [2.75, 3.05) is 0 Å². The van der Waals surface area contributed by atoms with Crippen molar-refractivity contribution in [3.63, 3.8) is 0 Å². The molecular formula is C10H12Cl2N4. The van der Waals surface area contributed by atoms with Crippen LogP contribution >= 0.6 is 24.0 Å². The minimum Gasteiger partial charge on any atom is -0.325 e. The first-order valence-corrected chi connectivity index (χ1v) is 5.00. The van der Waals surface area contributed by atoms with E-state index in [0.717, 1.165) is 16.3 Å². The van der Waals surface area contributed by atoms with Gasteiger partial charge >= 0.3 is 0 Å². The summed E-state index contributed by atoms with van der Waals surface area (Å²) >= 11 is 6.03. The third-order valence-corrected chi connectivity index (χ3v) is 2.45. The molecule has 0 unspecified atom stereocenters. The molecule has 0 fully saturated rings. The molecule has 0 radical (unpaired) electrons. The number of aromatic nitrogens is 3. The molecule has 0 saturated heterocycles. The van der Waals surface area contributed by atoms with E-state index in [1.54, 1.807) is 4.68 Å². The van der Waals surface area contributed by atoms with Crippen LogP contribution in [0.5, 0.6) is 0 Å². The molecule has 1 aromatic heterocycles. The topological polar surface area (TPSA) is 56.7 Å². The van der Waals surface area contributed by atoms with Crippen molar-refractivity contribution >= 4 is 24.0 Å². The lowest BCUT2D eigenvalue weighted by atomic mass is 10.2. The fourth-order valence-electron chi connectivity index (χ4n) is 1.31. The van der Waals surface area contributed by atoms with Gasteiger partial charge in [-0.1, -0.05) is 35.0 Å². The van der Waals surface area contributed by atoms with E-state index in [1.165, 1.54) is 0 Å². The van der Waals surface area contributed by atoms with Crippen LogP contribution in [0, 0.1) is 0 Å². The monoisotopic (exact) mass is 258 g/mol. The first kappa shape index (κ1) is 13.0. The Morgan fingerprint density at radius 3 is 2.69 bits per heavy atom. The maximum absolute atomic E-state index is 6.03. The highest BCUT2D eigenvalue weighted by Crippen LogP contribution is 2.15. The first-order valence-electron chi connectivity index (χ1n) is 4.62. The maximum atomic E-state index is 6.03. The van der Waals surface area contributed by atoms with Crippen LogP contribution in [0.4, 0.5) is 0 Å². The first-order chi connectivity index (χ1) is 7.29. The highest BCUT2D eigenvalue weighted by atomic mass is 35.5. The van der Waals surface area contributed by atoms with E-state index in [-0.39, 0.29) is 12.4 Å². The normalized spacial score (nSPS) is 9.88. The summed E-state index contributed by atoms with van der Waals surface area (Å²) in [5, 5.41) is 8.60. The van der Waals surface area contributed by atoms with Crippen LogP contribution in [-0.4, -0.2) is 15.0 Å². The summed E-state index contributed by atoms with van der Waals surface area (Å²) in [7, 11) is 0. The highest BCUT2D eigenvalue weighted by Gasteiger charge is 2.02. The van der Waals surface area contributed by atoms with Gasteiger partial charge in [0.05, 0.1) is 18.4 Å². The Kier molecular flexibility index (Phi) is 4.73. The van der Waals surface area contributed by atoms with E-state index in [4.69, 9.17) is 17.3 Å². The van der Waals surface area contributed by atoms with E-state index in [9.17, 15) is 0 Å². The van der Waals surface area contributed by atoms with Gasteiger partial charge in [0.15, 0.2) is 0 Å². The van der Waals surface area contributed by atoms with Gasteiger partial charge in [-0.15, -0.1) is 17.5 Å². The molecule has 2 aromatic rings. The number of hydrogen-bond donors (Lipinski definition) is 1. The van der Waals surface area contributed by atoms with Gasteiger partial charge in [-0.3, -0.25) is 0 Å². The van der Waals surface area contributed by atoms with Crippen molar-refractivity contribution in [3.05, 3.63) is 46.7 Å². The molecule has 2 rings (SSSR count). The second-order valence-electron chi connectivity index (χ2n) is 3.20. The van der Waals surface area contributed by atoms with Gasteiger partial charge in [0.1, 0.15) is 0 Å². The summed E-state index contributed by atoms with van der Waals surface area (Å²) in [6, 6.07) is 7.67. The lowest BCUT2D eigenvalue weighted by Gasteiger charge is -2.02. The van der Waals surface area contributed by atoms with Gasteiger partial charge in [-0.25, -0.2) is 4.68 Å². The third-order valence-electron chi connectivity index (χ3n) is 2.09. The lowest BCUT2D eigenvalue weighted by Crippen LogP contribution is -2.01. The molecule has 86 valence electrons. The maximum Gasteiger partial charge on any atom is 0.0962 e. The zero-order valence-corrected chi connectivity index (χ0v) is 10.1. The number of benzene rings is 1. The van der Waals surface area contributed by atoms with Gasteiger partial charge < -0.3 is 5.73 Å². The van der Waals surface area contributed by atoms with E-state index in [0.29, 0.717) is 13.1 Å². The predicted molar refractivity (Wildman–Crippen MR) is 65.7 cm³/mol. The van der Waals surface area contributed by atoms with E-state index < -0.39 is 0 Å². The molecule has 0 aliphatic carbocycles. The standard InChI is InChI=1S/C10H11ClN4.ClH/c11-10-4-2-1-3-8(10)6-15-7-9(5-12)13-14-15;/h1-4,7H,5-6,12H2;1H. The Labute approximate surface area is 105 Å². The zero-order valence-electron chi connectivity index (χ0n) is 8.51. The van der Waals surface area contributed by atoms with Crippen molar-refractivity contribution in [2.24, 2.45) is 5.73 Å². The fraction of sp³-hybridized carbons (Fsp3) is 0.200. The highest BCUT2D eigenvalue weighted by molar-refractivity contribution is 6.31. The Bertz CT molecular complexity index is 456. The average molecular weight is 259 g/mol. The van der Waals surface area contributed by atoms with Gasteiger partial charge in [-0.05, 0) is 11.6 Å². The summed E-state index contributed by atoms with van der Waals surface area (Å²) < 4.78 is 1.73. The summed E-state index contributed by atoms with van der Waals surface area (Å²) in [4.78, 5) is 0. The van der Waals surface area contributed by atoms with Gasteiger partial charge in [0, 0.05) is 11.6 Å². The van der Waals surface area contributed by atoms with E-state index in [1.807, 2.05) is 30.5 Å². The van der Waals surface area contributed by atoms with Crippen LogP contribution < -0.4 is 5.73 Å². The van der Waals surface area contributed by atoms with Crippen LogP contribution in [0.3, 0.4) is 0 Å². The molecule has 1 aromatic carbocycles. The molecule has 0 aliphatic heterocycles. The summed E-state index contributed by atoms with van der Waals surface area (Å²) in [5.74, 6) is 0. The number of halogens is 2. The zero-order chi connectivity index (χ0) is 10.7. The second-order valence-corrected chi connectivity index (χ2v) is 3.61. The van der Waals surface area contributed by atoms with Gasteiger partial charge in [-0.2, -0.15) is 0 Å². The molecule has 0 atom stereocenters. The van der Waals surface area contributed by atoms with Crippen molar-refractivity contribution in [1.82, 2.24) is 15.0 Å². The summed E-state index contributed by atoms with van der Waals surface area (Å²) in [6.45, 7) is 1.02. The molecule has 0 amide bonds. The summed E-state index contributed by atoms with van der Waals surface area (Å²) in [6.07, 6.45) is 1.82. The van der Waals surface area contributed by atoms with Crippen LogP contribution in [-0.2, 0) is 13.1 Å². The SMILES string of the molecule is Cl.NCc1cn(Cc2ccccc2Cl)nn1. The number of nitrogens with zero attached hydrogens (tertiary/aromatic N) is 3. The summed E-state index contributed by atoms with van der Waals surface area (Å²) in [5.41, 5.74) is 7.25. The Morgan fingerprint density at radius 2 is 2.06 bits per heavy atom. The molecule has 6 heteroatoms. The molecule has 16 heavy (non-hydrogen) atoms. The molecule has 1 heterocycles. The molecular weight excluding hydrogens is 247 g/mol. The molecule has 0 aliphatic rings. The second kappa shape index (κ2) is 5.84. The van der Waals surface area contributed by atoms with Crippen LogP contribution in [0.1, 0.15) is 11.3 Å².